The molecule has 0 aromatic heterocycles. The molecule has 1 amide bonds. The molecule has 0 aliphatic carbocycles. The van der Waals surface area contributed by atoms with Gasteiger partial charge in [-0.3, -0.25) is 9.69 Å². The predicted octanol–water partition coefficient (Wildman–Crippen LogP) is 2.66. The van der Waals surface area contributed by atoms with E-state index in [2.05, 4.69) is 5.32 Å². The van der Waals surface area contributed by atoms with Gasteiger partial charge in [-0.15, -0.1) is 0 Å². The normalized spacial score (nSPS) is 20.7. The molecule has 0 saturated carbocycles. The molecule has 0 radical (unpaired) electrons. The lowest BCUT2D eigenvalue weighted by Gasteiger charge is -2.18. The van der Waals surface area contributed by atoms with Gasteiger partial charge in [0.2, 0.25) is 0 Å². The van der Waals surface area contributed by atoms with Crippen LogP contribution in [0.1, 0.15) is 24.8 Å². The first-order chi connectivity index (χ1) is 13.4. The van der Waals surface area contributed by atoms with Gasteiger partial charge in [-0.1, -0.05) is 18.2 Å². The van der Waals surface area contributed by atoms with Gasteiger partial charge < -0.3 is 15.0 Å². The fourth-order valence-corrected chi connectivity index (χ4v) is 3.88. The Labute approximate surface area is 163 Å². The number of amides is 1. The summed E-state index contributed by atoms with van der Waals surface area (Å²) in [7, 11) is 0. The van der Waals surface area contributed by atoms with Crippen LogP contribution in [0.4, 0.5) is 13.2 Å². The largest absolute Gasteiger partial charge is 0.483 e. The highest BCUT2D eigenvalue weighted by Crippen LogP contribution is 2.23. The molecule has 28 heavy (non-hydrogen) atoms. The van der Waals surface area contributed by atoms with Crippen molar-refractivity contribution in [2.75, 3.05) is 45.9 Å². The number of carbonyl (C=O) groups excluding carboxylic acids is 1. The van der Waals surface area contributed by atoms with Crippen molar-refractivity contribution in [1.82, 2.24) is 15.1 Å². The highest BCUT2D eigenvalue weighted by molar-refractivity contribution is 5.78. The highest BCUT2D eigenvalue weighted by atomic mass is 19.4. The maximum Gasteiger partial charge on any atom is 0.401 e. The minimum absolute atomic E-state index is 0.0102. The molecule has 8 heteroatoms. The SMILES string of the molecule is O=C(COc1ccccc1CNCC1CCN(CC(F)(F)F)C1)N1CCCC1. The Morgan fingerprint density at radius 1 is 1.18 bits per heavy atom. The van der Waals surface area contributed by atoms with E-state index in [4.69, 9.17) is 4.74 Å². The van der Waals surface area contributed by atoms with Gasteiger partial charge in [0, 0.05) is 31.7 Å². The Morgan fingerprint density at radius 2 is 1.93 bits per heavy atom. The van der Waals surface area contributed by atoms with Crippen LogP contribution in [0.15, 0.2) is 24.3 Å². The van der Waals surface area contributed by atoms with Crippen LogP contribution in [0.5, 0.6) is 5.75 Å². The van der Waals surface area contributed by atoms with Crippen LogP contribution in [0.2, 0.25) is 0 Å². The number of hydrogen-bond acceptors (Lipinski definition) is 4. The van der Waals surface area contributed by atoms with Gasteiger partial charge in [-0.25, -0.2) is 0 Å². The first kappa shape index (κ1) is 20.9. The number of nitrogens with zero attached hydrogens (tertiary/aromatic N) is 2. The summed E-state index contributed by atoms with van der Waals surface area (Å²) in [5.41, 5.74) is 0.946. The summed E-state index contributed by atoms with van der Waals surface area (Å²) >= 11 is 0. The van der Waals surface area contributed by atoms with Gasteiger partial charge in [0.25, 0.3) is 5.91 Å². The molecular formula is C20H28F3N3O2. The number of para-hydroxylation sites is 1. The quantitative estimate of drug-likeness (QED) is 0.730. The zero-order chi connectivity index (χ0) is 20.0. The van der Waals surface area contributed by atoms with Gasteiger partial charge in [0.05, 0.1) is 6.54 Å². The molecule has 2 aliphatic heterocycles. The van der Waals surface area contributed by atoms with Gasteiger partial charge >= 0.3 is 6.18 Å². The second-order valence-electron chi connectivity index (χ2n) is 7.62. The molecule has 2 saturated heterocycles. The predicted molar refractivity (Wildman–Crippen MR) is 100 cm³/mol. The van der Waals surface area contributed by atoms with Crippen molar-refractivity contribution in [3.8, 4) is 5.75 Å². The molecule has 3 rings (SSSR count). The second-order valence-corrected chi connectivity index (χ2v) is 7.62. The van der Waals surface area contributed by atoms with Crippen LogP contribution in [0, 0.1) is 5.92 Å². The molecule has 2 aliphatic rings. The van der Waals surface area contributed by atoms with Crippen molar-refractivity contribution in [3.63, 3.8) is 0 Å². The Kier molecular flexibility index (Phi) is 7.18. The molecule has 5 nitrogen and oxygen atoms in total. The second kappa shape index (κ2) is 9.60. The number of ether oxygens (including phenoxy) is 1. The molecule has 1 aromatic carbocycles. The summed E-state index contributed by atoms with van der Waals surface area (Å²) in [5.74, 6) is 0.899. The third-order valence-corrected chi connectivity index (χ3v) is 5.30. The van der Waals surface area contributed by atoms with E-state index in [-0.39, 0.29) is 18.4 Å². The standard InChI is InChI=1S/C20H28F3N3O2/c21-20(22,23)15-25-10-7-16(13-25)11-24-12-17-5-1-2-6-18(17)28-14-19(27)26-8-3-4-9-26/h1-2,5-6,16,24H,3-4,7-15H2. The van der Waals surface area contributed by atoms with Crippen molar-refractivity contribution in [2.24, 2.45) is 5.92 Å². The number of rotatable bonds is 8. The van der Waals surface area contributed by atoms with Gasteiger partial charge in [-0.05, 0) is 44.3 Å². The number of benzene rings is 1. The molecule has 1 N–H and O–H groups in total. The number of halogens is 3. The lowest BCUT2D eigenvalue weighted by Crippen LogP contribution is -2.33. The van der Waals surface area contributed by atoms with Crippen molar-refractivity contribution < 1.29 is 22.7 Å². The average molecular weight is 399 g/mol. The van der Waals surface area contributed by atoms with Gasteiger partial charge in [0.1, 0.15) is 5.75 Å². The van der Waals surface area contributed by atoms with E-state index in [0.717, 1.165) is 37.9 Å². The van der Waals surface area contributed by atoms with Crippen LogP contribution in [0.3, 0.4) is 0 Å². The van der Waals surface area contributed by atoms with Crippen molar-refractivity contribution in [1.29, 1.82) is 0 Å². The maximum absolute atomic E-state index is 12.5. The van der Waals surface area contributed by atoms with E-state index in [0.29, 0.717) is 31.9 Å². The van der Waals surface area contributed by atoms with E-state index in [1.807, 2.05) is 29.2 Å². The van der Waals surface area contributed by atoms with Crippen molar-refractivity contribution in [2.45, 2.75) is 32.0 Å². The number of hydrogen-bond donors (Lipinski definition) is 1. The summed E-state index contributed by atoms with van der Waals surface area (Å²) < 4.78 is 43.2. The van der Waals surface area contributed by atoms with E-state index in [1.54, 1.807) is 0 Å². The van der Waals surface area contributed by atoms with E-state index in [1.165, 1.54) is 4.90 Å². The number of likely N-dealkylation sites (tertiary alicyclic amines) is 2. The zero-order valence-electron chi connectivity index (χ0n) is 16.0. The third kappa shape index (κ3) is 6.38. The van der Waals surface area contributed by atoms with Crippen LogP contribution < -0.4 is 10.1 Å². The molecule has 1 unspecified atom stereocenters. The fourth-order valence-electron chi connectivity index (χ4n) is 3.88. The van der Waals surface area contributed by atoms with Gasteiger partial charge in [-0.2, -0.15) is 13.2 Å². The Hall–Kier alpha value is -1.80. The van der Waals surface area contributed by atoms with Crippen molar-refractivity contribution in [3.05, 3.63) is 29.8 Å². The Morgan fingerprint density at radius 3 is 2.68 bits per heavy atom. The summed E-state index contributed by atoms with van der Waals surface area (Å²) in [6.07, 6.45) is -1.27. The summed E-state index contributed by atoms with van der Waals surface area (Å²) in [6, 6.07) is 7.56. The number of alkyl halides is 3. The number of carbonyl (C=O) groups is 1. The smallest absolute Gasteiger partial charge is 0.401 e. The first-order valence-electron chi connectivity index (χ1n) is 9.89. The van der Waals surface area contributed by atoms with E-state index < -0.39 is 12.7 Å². The molecule has 156 valence electrons. The van der Waals surface area contributed by atoms with E-state index >= 15 is 0 Å². The molecule has 2 fully saturated rings. The average Bonchev–Trinajstić information content (AvgIpc) is 3.31. The van der Waals surface area contributed by atoms with Crippen LogP contribution in [-0.2, 0) is 11.3 Å². The van der Waals surface area contributed by atoms with Gasteiger partial charge in [0.15, 0.2) is 6.61 Å². The summed E-state index contributed by atoms with van der Waals surface area (Å²) in [5, 5.41) is 3.33. The third-order valence-electron chi connectivity index (χ3n) is 5.30. The maximum atomic E-state index is 12.5. The minimum atomic E-state index is -4.13. The number of nitrogens with one attached hydrogen (secondary N) is 1. The first-order valence-corrected chi connectivity index (χ1v) is 9.89. The molecular weight excluding hydrogens is 371 g/mol. The fraction of sp³-hybridized carbons (Fsp3) is 0.650. The molecule has 1 atom stereocenters. The molecule has 1 aromatic rings. The molecule has 0 spiro atoms. The van der Waals surface area contributed by atoms with Crippen LogP contribution in [0.25, 0.3) is 0 Å². The topological polar surface area (TPSA) is 44.8 Å². The lowest BCUT2D eigenvalue weighted by atomic mass is 10.1. The Bertz CT molecular complexity index is 648. The lowest BCUT2D eigenvalue weighted by molar-refractivity contribution is -0.143. The summed E-state index contributed by atoms with van der Waals surface area (Å²) in [4.78, 5) is 15.4. The zero-order valence-corrected chi connectivity index (χ0v) is 16.0. The molecule has 2 heterocycles. The highest BCUT2D eigenvalue weighted by Gasteiger charge is 2.34. The summed E-state index contributed by atoms with van der Waals surface area (Å²) in [6.45, 7) is 2.99. The monoisotopic (exact) mass is 399 g/mol. The Balaban J connectivity index is 1.42. The van der Waals surface area contributed by atoms with Crippen molar-refractivity contribution >= 4 is 5.91 Å². The minimum Gasteiger partial charge on any atom is -0.483 e. The van der Waals surface area contributed by atoms with Crippen LogP contribution >= 0.6 is 0 Å². The van der Waals surface area contributed by atoms with Crippen LogP contribution in [-0.4, -0.2) is 67.8 Å². The van der Waals surface area contributed by atoms with E-state index in [9.17, 15) is 18.0 Å². The molecule has 0 bridgehead atoms.